The van der Waals surface area contributed by atoms with E-state index in [4.69, 9.17) is 0 Å². The first-order chi connectivity index (χ1) is 10.1. The van der Waals surface area contributed by atoms with E-state index in [1.54, 1.807) is 12.1 Å². The topological polar surface area (TPSA) is 58.2 Å². The van der Waals surface area contributed by atoms with Crippen LogP contribution in [0.1, 0.15) is 56.3 Å². The van der Waals surface area contributed by atoms with Gasteiger partial charge >= 0.3 is 0 Å². The van der Waals surface area contributed by atoms with E-state index in [2.05, 4.69) is 10.6 Å². The normalized spacial score (nSPS) is 16.5. The molecule has 0 bridgehead atoms. The molecule has 2 N–H and O–H groups in total. The van der Waals surface area contributed by atoms with E-state index in [1.165, 1.54) is 0 Å². The van der Waals surface area contributed by atoms with Crippen LogP contribution in [0.4, 0.5) is 5.69 Å². The number of anilines is 1. The number of nitrogens with one attached hydrogen (secondary N) is 2. The zero-order valence-electron chi connectivity index (χ0n) is 12.8. The molecule has 0 saturated heterocycles. The quantitative estimate of drug-likeness (QED) is 0.873. The second-order valence-corrected chi connectivity index (χ2v) is 5.80. The number of hydrogen-bond acceptors (Lipinski definition) is 2. The Hall–Kier alpha value is -1.84. The highest BCUT2D eigenvalue weighted by molar-refractivity contribution is 6.04. The molecule has 4 heteroatoms. The molecule has 1 fully saturated rings. The third kappa shape index (κ3) is 4.06. The summed E-state index contributed by atoms with van der Waals surface area (Å²) >= 11 is 0. The molecule has 1 atom stereocenters. The second-order valence-electron chi connectivity index (χ2n) is 5.80. The molecule has 1 aliphatic carbocycles. The molecule has 0 aromatic heterocycles. The number of carbonyl (C=O) groups is 2. The largest absolute Gasteiger partial charge is 0.350 e. The summed E-state index contributed by atoms with van der Waals surface area (Å²) in [5.41, 5.74) is 1.14. The summed E-state index contributed by atoms with van der Waals surface area (Å²) < 4.78 is 0. The molecule has 1 aliphatic rings. The first-order valence-corrected chi connectivity index (χ1v) is 7.82. The molecule has 1 aromatic rings. The highest BCUT2D eigenvalue weighted by atomic mass is 16.2. The Morgan fingerprint density at radius 1 is 1.24 bits per heavy atom. The summed E-state index contributed by atoms with van der Waals surface area (Å²) in [6.07, 6.45) is 5.02. The Labute approximate surface area is 126 Å². The lowest BCUT2D eigenvalue weighted by atomic mass is 10.1. The molecular weight excluding hydrogens is 264 g/mol. The maximum Gasteiger partial charge on any atom is 0.253 e. The van der Waals surface area contributed by atoms with Gasteiger partial charge in [0, 0.05) is 12.0 Å². The molecule has 114 valence electrons. The van der Waals surface area contributed by atoms with Crippen molar-refractivity contribution < 1.29 is 9.59 Å². The summed E-state index contributed by atoms with van der Waals surface area (Å²) in [6.45, 7) is 4.00. The van der Waals surface area contributed by atoms with Crippen LogP contribution in [0.25, 0.3) is 0 Å². The number of benzene rings is 1. The summed E-state index contributed by atoms with van der Waals surface area (Å²) in [7, 11) is 0. The molecule has 1 unspecified atom stereocenters. The summed E-state index contributed by atoms with van der Waals surface area (Å²) in [5, 5.41) is 5.86. The second kappa shape index (κ2) is 7.25. The minimum atomic E-state index is -0.133. The van der Waals surface area contributed by atoms with Crippen LogP contribution in [0, 0.1) is 5.92 Å². The van der Waals surface area contributed by atoms with Crippen LogP contribution in [-0.4, -0.2) is 17.9 Å². The van der Waals surface area contributed by atoms with Gasteiger partial charge in [-0.15, -0.1) is 0 Å². The summed E-state index contributed by atoms with van der Waals surface area (Å²) in [5.74, 6) is -0.00125. The van der Waals surface area contributed by atoms with Crippen molar-refractivity contribution in [2.45, 2.75) is 52.0 Å². The number of carbonyl (C=O) groups excluding carboxylic acids is 2. The minimum absolute atomic E-state index is 0.0382. The Kier molecular flexibility index (Phi) is 5.37. The third-order valence-electron chi connectivity index (χ3n) is 4.15. The highest BCUT2D eigenvalue weighted by Gasteiger charge is 2.24. The van der Waals surface area contributed by atoms with Crippen LogP contribution in [-0.2, 0) is 4.79 Å². The van der Waals surface area contributed by atoms with Gasteiger partial charge in [-0.05, 0) is 38.3 Å². The van der Waals surface area contributed by atoms with Gasteiger partial charge in [0.2, 0.25) is 5.91 Å². The maximum absolute atomic E-state index is 12.3. The maximum atomic E-state index is 12.3. The molecule has 0 heterocycles. The van der Waals surface area contributed by atoms with E-state index >= 15 is 0 Å². The first kappa shape index (κ1) is 15.5. The van der Waals surface area contributed by atoms with E-state index in [0.29, 0.717) is 11.3 Å². The van der Waals surface area contributed by atoms with Gasteiger partial charge in [0.1, 0.15) is 0 Å². The molecule has 0 aliphatic heterocycles. The van der Waals surface area contributed by atoms with E-state index in [1.807, 2.05) is 26.0 Å². The van der Waals surface area contributed by atoms with Crippen LogP contribution in [0.3, 0.4) is 0 Å². The third-order valence-corrected chi connectivity index (χ3v) is 4.15. The SMILES string of the molecule is CCC(C)NC(=O)c1ccccc1NC(=O)C1CCCC1. The van der Waals surface area contributed by atoms with E-state index in [0.717, 1.165) is 32.1 Å². The lowest BCUT2D eigenvalue weighted by Crippen LogP contribution is -2.33. The van der Waals surface area contributed by atoms with Gasteiger partial charge in [0.15, 0.2) is 0 Å². The lowest BCUT2D eigenvalue weighted by Gasteiger charge is -2.16. The van der Waals surface area contributed by atoms with Crippen molar-refractivity contribution in [3.8, 4) is 0 Å². The van der Waals surface area contributed by atoms with Gasteiger partial charge in [0.05, 0.1) is 11.3 Å². The monoisotopic (exact) mass is 288 g/mol. The molecule has 1 aromatic carbocycles. The molecule has 2 amide bonds. The fourth-order valence-electron chi connectivity index (χ4n) is 2.62. The van der Waals surface area contributed by atoms with Crippen molar-refractivity contribution in [3.63, 3.8) is 0 Å². The van der Waals surface area contributed by atoms with E-state index in [9.17, 15) is 9.59 Å². The fourth-order valence-corrected chi connectivity index (χ4v) is 2.62. The Bertz CT molecular complexity index is 507. The van der Waals surface area contributed by atoms with Gasteiger partial charge in [-0.1, -0.05) is 31.9 Å². The van der Waals surface area contributed by atoms with Crippen LogP contribution in [0.15, 0.2) is 24.3 Å². The van der Waals surface area contributed by atoms with Crippen molar-refractivity contribution in [1.29, 1.82) is 0 Å². The highest BCUT2D eigenvalue weighted by Crippen LogP contribution is 2.26. The van der Waals surface area contributed by atoms with Crippen LogP contribution < -0.4 is 10.6 Å². The number of rotatable bonds is 5. The number of hydrogen-bond donors (Lipinski definition) is 2. The van der Waals surface area contributed by atoms with Gasteiger partial charge in [0.25, 0.3) is 5.91 Å². The van der Waals surface area contributed by atoms with E-state index < -0.39 is 0 Å². The standard InChI is InChI=1S/C17H24N2O2/c1-3-12(2)18-17(21)14-10-6-7-11-15(14)19-16(20)13-8-4-5-9-13/h6-7,10-13H,3-5,8-9H2,1-2H3,(H,18,21)(H,19,20). The van der Waals surface area contributed by atoms with Crippen LogP contribution in [0.2, 0.25) is 0 Å². The predicted molar refractivity (Wildman–Crippen MR) is 84.2 cm³/mol. The minimum Gasteiger partial charge on any atom is -0.350 e. The Balaban J connectivity index is 2.09. The number of amides is 2. The molecule has 0 radical (unpaired) electrons. The average Bonchev–Trinajstić information content (AvgIpc) is 3.01. The molecule has 0 spiro atoms. The van der Waals surface area contributed by atoms with Crippen LogP contribution >= 0.6 is 0 Å². The molecular formula is C17H24N2O2. The van der Waals surface area contributed by atoms with E-state index in [-0.39, 0.29) is 23.8 Å². The average molecular weight is 288 g/mol. The lowest BCUT2D eigenvalue weighted by molar-refractivity contribution is -0.119. The molecule has 1 saturated carbocycles. The molecule has 21 heavy (non-hydrogen) atoms. The van der Waals surface area contributed by atoms with Crippen LogP contribution in [0.5, 0.6) is 0 Å². The van der Waals surface area contributed by atoms with Gasteiger partial charge in [-0.2, -0.15) is 0 Å². The van der Waals surface area contributed by atoms with Gasteiger partial charge in [-0.3, -0.25) is 9.59 Å². The zero-order chi connectivity index (χ0) is 15.2. The smallest absolute Gasteiger partial charge is 0.253 e. The molecule has 4 nitrogen and oxygen atoms in total. The predicted octanol–water partition coefficient (Wildman–Crippen LogP) is 3.34. The molecule has 2 rings (SSSR count). The summed E-state index contributed by atoms with van der Waals surface area (Å²) in [6, 6.07) is 7.32. The summed E-state index contributed by atoms with van der Waals surface area (Å²) in [4.78, 5) is 24.5. The van der Waals surface area contributed by atoms with Crippen molar-refractivity contribution in [1.82, 2.24) is 5.32 Å². The zero-order valence-corrected chi connectivity index (χ0v) is 12.8. The first-order valence-electron chi connectivity index (χ1n) is 7.82. The van der Waals surface area contributed by atoms with Crippen molar-refractivity contribution in [2.75, 3.05) is 5.32 Å². The Morgan fingerprint density at radius 3 is 2.57 bits per heavy atom. The van der Waals surface area contributed by atoms with Gasteiger partial charge < -0.3 is 10.6 Å². The fraction of sp³-hybridized carbons (Fsp3) is 0.529. The van der Waals surface area contributed by atoms with Crippen molar-refractivity contribution in [2.24, 2.45) is 5.92 Å². The van der Waals surface area contributed by atoms with Crippen molar-refractivity contribution >= 4 is 17.5 Å². The number of para-hydroxylation sites is 1. The van der Waals surface area contributed by atoms with Gasteiger partial charge in [-0.25, -0.2) is 0 Å². The Morgan fingerprint density at radius 2 is 1.90 bits per heavy atom. The van der Waals surface area contributed by atoms with Crippen molar-refractivity contribution in [3.05, 3.63) is 29.8 Å².